The molecule has 0 spiro atoms. The van der Waals surface area contributed by atoms with Crippen LogP contribution in [0.5, 0.6) is 11.5 Å². The molecule has 1 fully saturated rings. The number of halogens is 1. The molecule has 0 aliphatic carbocycles. The van der Waals surface area contributed by atoms with Crippen molar-refractivity contribution in [1.82, 2.24) is 5.32 Å². The van der Waals surface area contributed by atoms with Crippen LogP contribution in [0.4, 0.5) is 0 Å². The van der Waals surface area contributed by atoms with Crippen LogP contribution < -0.4 is 14.8 Å². The van der Waals surface area contributed by atoms with Gasteiger partial charge in [-0.05, 0) is 41.5 Å². The zero-order valence-corrected chi connectivity index (χ0v) is 17.4. The molecular weight excluding hydrogens is 430 g/mol. The quantitative estimate of drug-likeness (QED) is 0.474. The van der Waals surface area contributed by atoms with E-state index in [1.807, 2.05) is 12.1 Å². The van der Waals surface area contributed by atoms with E-state index in [4.69, 9.17) is 26.2 Å². The van der Waals surface area contributed by atoms with E-state index < -0.39 is 17.1 Å². The van der Waals surface area contributed by atoms with Crippen molar-refractivity contribution in [3.63, 3.8) is 0 Å². The van der Waals surface area contributed by atoms with Gasteiger partial charge in [0, 0.05) is 5.02 Å². The number of hydrogen-bond acceptors (Lipinski definition) is 7. The topological polar surface area (TPSA) is 110 Å². The number of carboxylic acids is 1. The van der Waals surface area contributed by atoms with Gasteiger partial charge in [0.05, 0.1) is 19.7 Å². The average molecular weight is 448 g/mol. The van der Waals surface area contributed by atoms with Gasteiger partial charge in [0.1, 0.15) is 11.9 Å². The fourth-order valence-corrected chi connectivity index (χ4v) is 3.56. The molecule has 0 unspecified atom stereocenters. The zero-order valence-electron chi connectivity index (χ0n) is 15.9. The van der Waals surface area contributed by atoms with Crippen molar-refractivity contribution in [2.24, 2.45) is 10.2 Å². The number of methoxy groups -OCH3 is 1. The molecule has 0 aromatic heterocycles. The van der Waals surface area contributed by atoms with Crippen LogP contribution in [0.2, 0.25) is 5.02 Å². The van der Waals surface area contributed by atoms with Crippen LogP contribution in [0.1, 0.15) is 17.5 Å². The Morgan fingerprint density at radius 3 is 2.73 bits per heavy atom. The van der Waals surface area contributed by atoms with Crippen molar-refractivity contribution in [3.05, 3.63) is 58.6 Å². The summed E-state index contributed by atoms with van der Waals surface area (Å²) in [6.07, 6.45) is 1.23. The standard InChI is InChI=1S/C20H18ClN3O5S/c1-28-15-7-4-13(8-16(15)29-11-12-2-5-14(21)6-3-12)10-22-24-20-23-19(27)17(30-20)9-18(25)26/h2-8,10,17H,9,11H2,1H3,(H,25,26)(H,23,24,27)/b22-10-/t17-/m0/s1. The van der Waals surface area contributed by atoms with E-state index >= 15 is 0 Å². The van der Waals surface area contributed by atoms with Gasteiger partial charge in [-0.15, -0.1) is 5.10 Å². The predicted octanol–water partition coefficient (Wildman–Crippen LogP) is 3.32. The van der Waals surface area contributed by atoms with Crippen LogP contribution >= 0.6 is 23.4 Å². The number of hydrogen-bond donors (Lipinski definition) is 2. The van der Waals surface area contributed by atoms with Crippen molar-refractivity contribution in [3.8, 4) is 11.5 Å². The van der Waals surface area contributed by atoms with Crippen LogP contribution in [-0.2, 0) is 16.2 Å². The number of carbonyl (C=O) groups is 2. The predicted molar refractivity (Wildman–Crippen MR) is 116 cm³/mol. The minimum absolute atomic E-state index is 0.259. The SMILES string of the molecule is COc1ccc(/C=N\N=C2NC(=O)[C@H](CC(=O)O)S2)cc1OCc1ccc(Cl)cc1. The second-order valence-electron chi connectivity index (χ2n) is 6.17. The summed E-state index contributed by atoms with van der Waals surface area (Å²) in [5, 5.41) is 19.4. The molecule has 1 heterocycles. The number of carbonyl (C=O) groups excluding carboxylic acids is 1. The first kappa shape index (κ1) is 21.7. The largest absolute Gasteiger partial charge is 0.493 e. The molecule has 156 valence electrons. The third-order valence-corrected chi connectivity index (χ3v) is 5.31. The Hall–Kier alpha value is -3.04. The summed E-state index contributed by atoms with van der Waals surface area (Å²) in [6.45, 7) is 0.337. The number of amides is 1. The summed E-state index contributed by atoms with van der Waals surface area (Å²) in [7, 11) is 1.55. The molecule has 0 bridgehead atoms. The Morgan fingerprint density at radius 2 is 2.03 bits per heavy atom. The molecule has 8 nitrogen and oxygen atoms in total. The maximum absolute atomic E-state index is 11.7. The zero-order chi connectivity index (χ0) is 21.5. The molecule has 2 aromatic carbocycles. The van der Waals surface area contributed by atoms with Crippen LogP contribution in [0.15, 0.2) is 52.7 Å². The number of benzene rings is 2. The second kappa shape index (κ2) is 10.1. The minimum atomic E-state index is -1.04. The minimum Gasteiger partial charge on any atom is -0.493 e. The Kier molecular flexibility index (Phi) is 7.31. The second-order valence-corrected chi connectivity index (χ2v) is 7.80. The van der Waals surface area contributed by atoms with E-state index in [-0.39, 0.29) is 11.6 Å². The van der Waals surface area contributed by atoms with Crippen LogP contribution in [0.25, 0.3) is 0 Å². The highest BCUT2D eigenvalue weighted by Crippen LogP contribution is 2.28. The first-order valence-corrected chi connectivity index (χ1v) is 10.1. The normalized spacial score (nSPS) is 17.3. The summed E-state index contributed by atoms with van der Waals surface area (Å²) in [5.74, 6) is -0.327. The molecule has 1 atom stereocenters. The van der Waals surface area contributed by atoms with Crippen molar-refractivity contribution in [2.75, 3.05) is 7.11 Å². The third kappa shape index (κ3) is 5.98. The molecule has 1 aliphatic heterocycles. The van der Waals surface area contributed by atoms with Gasteiger partial charge in [-0.25, -0.2) is 0 Å². The van der Waals surface area contributed by atoms with E-state index in [0.29, 0.717) is 28.7 Å². The number of thioether (sulfide) groups is 1. The lowest BCUT2D eigenvalue weighted by atomic mass is 10.2. The monoisotopic (exact) mass is 447 g/mol. The summed E-state index contributed by atoms with van der Waals surface area (Å²) in [6, 6.07) is 12.6. The molecule has 10 heteroatoms. The molecule has 0 saturated carbocycles. The molecule has 3 rings (SSSR count). The number of carboxylic acid groups (broad SMARTS) is 1. The summed E-state index contributed by atoms with van der Waals surface area (Å²) >= 11 is 6.93. The number of nitrogens with one attached hydrogen (secondary N) is 1. The number of aliphatic carboxylic acids is 1. The van der Waals surface area contributed by atoms with Crippen molar-refractivity contribution in [2.45, 2.75) is 18.3 Å². The van der Waals surface area contributed by atoms with Gasteiger partial charge in [0.25, 0.3) is 0 Å². The van der Waals surface area contributed by atoms with Gasteiger partial charge in [-0.2, -0.15) is 5.10 Å². The summed E-state index contributed by atoms with van der Waals surface area (Å²) < 4.78 is 11.2. The Morgan fingerprint density at radius 1 is 1.27 bits per heavy atom. The summed E-state index contributed by atoms with van der Waals surface area (Å²) in [5.41, 5.74) is 1.67. The van der Waals surface area contributed by atoms with Crippen LogP contribution in [0.3, 0.4) is 0 Å². The van der Waals surface area contributed by atoms with Gasteiger partial charge in [-0.1, -0.05) is 35.5 Å². The smallest absolute Gasteiger partial charge is 0.305 e. The maximum Gasteiger partial charge on any atom is 0.305 e. The lowest BCUT2D eigenvalue weighted by Crippen LogP contribution is -2.26. The number of ether oxygens (including phenoxy) is 2. The van der Waals surface area contributed by atoms with E-state index in [2.05, 4.69) is 15.5 Å². The molecule has 1 aliphatic rings. The molecule has 1 amide bonds. The van der Waals surface area contributed by atoms with Crippen molar-refractivity contribution in [1.29, 1.82) is 0 Å². The van der Waals surface area contributed by atoms with Gasteiger partial charge in [0.2, 0.25) is 5.91 Å². The number of nitrogens with zero attached hydrogens (tertiary/aromatic N) is 2. The molecule has 30 heavy (non-hydrogen) atoms. The molecule has 0 radical (unpaired) electrons. The fraction of sp³-hybridized carbons (Fsp3) is 0.200. The lowest BCUT2D eigenvalue weighted by Gasteiger charge is -2.11. The molecule has 2 aromatic rings. The van der Waals surface area contributed by atoms with Gasteiger partial charge >= 0.3 is 5.97 Å². The van der Waals surface area contributed by atoms with Crippen molar-refractivity contribution < 1.29 is 24.2 Å². The van der Waals surface area contributed by atoms with Gasteiger partial charge < -0.3 is 19.9 Å². The van der Waals surface area contributed by atoms with Gasteiger partial charge in [0.15, 0.2) is 16.7 Å². The lowest BCUT2D eigenvalue weighted by molar-refractivity contribution is -0.138. The maximum atomic E-state index is 11.7. The van der Waals surface area contributed by atoms with Crippen molar-refractivity contribution >= 4 is 46.6 Å². The highest BCUT2D eigenvalue weighted by Gasteiger charge is 2.32. The Labute approximate surface area is 181 Å². The highest BCUT2D eigenvalue weighted by atomic mass is 35.5. The van der Waals surface area contributed by atoms with E-state index in [9.17, 15) is 9.59 Å². The molecular formula is C20H18ClN3O5S. The Bertz CT molecular complexity index is 994. The first-order chi connectivity index (χ1) is 14.4. The highest BCUT2D eigenvalue weighted by molar-refractivity contribution is 8.15. The van der Waals surface area contributed by atoms with E-state index in [1.165, 1.54) is 6.21 Å². The first-order valence-electron chi connectivity index (χ1n) is 8.80. The molecule has 2 N–H and O–H groups in total. The summed E-state index contributed by atoms with van der Waals surface area (Å²) in [4.78, 5) is 22.5. The number of rotatable bonds is 8. The van der Waals surface area contributed by atoms with Gasteiger partial charge in [-0.3, -0.25) is 9.59 Å². The van der Waals surface area contributed by atoms with E-state index in [1.54, 1.807) is 37.4 Å². The molecule has 1 saturated heterocycles. The third-order valence-electron chi connectivity index (χ3n) is 3.99. The van der Waals surface area contributed by atoms with Crippen LogP contribution in [0, 0.1) is 0 Å². The fourth-order valence-electron chi connectivity index (χ4n) is 2.52. The Balaban J connectivity index is 1.66. The number of amidine groups is 1. The van der Waals surface area contributed by atoms with Crippen LogP contribution in [-0.4, -0.2) is 40.7 Å². The average Bonchev–Trinajstić information content (AvgIpc) is 3.06. The van der Waals surface area contributed by atoms with E-state index in [0.717, 1.165) is 17.3 Å².